The Morgan fingerprint density at radius 1 is 1.25 bits per heavy atom. The van der Waals surface area contributed by atoms with Crippen LogP contribution in [-0.2, 0) is 17.6 Å². The minimum absolute atomic E-state index is 0.0888. The van der Waals surface area contributed by atoms with Gasteiger partial charge in [-0.2, -0.15) is 0 Å². The highest BCUT2D eigenvalue weighted by molar-refractivity contribution is 5.36. The van der Waals surface area contributed by atoms with E-state index in [4.69, 9.17) is 10.5 Å². The molecule has 1 saturated carbocycles. The number of hydrogen-bond acceptors (Lipinski definition) is 3. The number of rotatable bonds is 3. The third kappa shape index (κ3) is 1.92. The van der Waals surface area contributed by atoms with Crippen molar-refractivity contribution in [2.24, 2.45) is 11.1 Å². The van der Waals surface area contributed by atoms with Crippen molar-refractivity contribution in [2.45, 2.75) is 50.2 Å². The zero-order valence-electron chi connectivity index (χ0n) is 12.3. The quantitative estimate of drug-likeness (QED) is 0.887. The lowest BCUT2D eigenvalue weighted by molar-refractivity contribution is -0.183. The van der Waals surface area contributed by atoms with Crippen LogP contribution in [0.2, 0.25) is 0 Å². The van der Waals surface area contributed by atoms with Crippen LogP contribution < -0.4 is 5.73 Å². The third-order valence-electron chi connectivity index (χ3n) is 5.58. The zero-order valence-corrected chi connectivity index (χ0v) is 12.3. The number of aliphatic hydroxyl groups is 1. The van der Waals surface area contributed by atoms with Gasteiger partial charge in [-0.1, -0.05) is 37.1 Å². The monoisotopic (exact) mass is 275 g/mol. The van der Waals surface area contributed by atoms with Crippen LogP contribution >= 0.6 is 0 Å². The summed E-state index contributed by atoms with van der Waals surface area (Å²) in [5.41, 5.74) is 7.78. The highest BCUT2D eigenvalue weighted by Crippen LogP contribution is 2.50. The summed E-state index contributed by atoms with van der Waals surface area (Å²) in [7, 11) is 1.72. The molecule has 0 heterocycles. The number of benzene rings is 1. The van der Waals surface area contributed by atoms with Crippen molar-refractivity contribution in [3.05, 3.63) is 35.4 Å². The van der Waals surface area contributed by atoms with Crippen LogP contribution in [0.1, 0.15) is 36.8 Å². The van der Waals surface area contributed by atoms with Gasteiger partial charge in [0.1, 0.15) is 0 Å². The number of ether oxygens (including phenoxy) is 1. The molecule has 110 valence electrons. The summed E-state index contributed by atoms with van der Waals surface area (Å²) < 4.78 is 5.64. The number of fused-ring (bicyclic) bond motifs is 1. The molecule has 20 heavy (non-hydrogen) atoms. The second-order valence-electron chi connectivity index (χ2n) is 6.50. The van der Waals surface area contributed by atoms with Crippen molar-refractivity contribution >= 4 is 0 Å². The predicted molar refractivity (Wildman–Crippen MR) is 79.6 cm³/mol. The second-order valence-corrected chi connectivity index (χ2v) is 6.50. The first-order valence-electron chi connectivity index (χ1n) is 7.67. The summed E-state index contributed by atoms with van der Waals surface area (Å²) >= 11 is 0. The Hall–Kier alpha value is -0.900. The molecular formula is C17H25NO2. The normalized spacial score (nSPS) is 32.0. The molecule has 3 nitrogen and oxygen atoms in total. The summed E-state index contributed by atoms with van der Waals surface area (Å²) in [6, 6.07) is 8.48. The molecule has 3 N–H and O–H groups in total. The maximum absolute atomic E-state index is 11.4. The van der Waals surface area contributed by atoms with Gasteiger partial charge in [0.2, 0.25) is 0 Å². The smallest absolute Gasteiger partial charge is 0.0982 e. The lowest BCUT2D eigenvalue weighted by atomic mass is 9.62. The first-order chi connectivity index (χ1) is 9.65. The van der Waals surface area contributed by atoms with E-state index in [-0.39, 0.29) is 11.5 Å². The predicted octanol–water partition coefficient (Wildman–Crippen LogP) is 2.05. The van der Waals surface area contributed by atoms with Gasteiger partial charge in [-0.25, -0.2) is 0 Å². The fourth-order valence-electron chi connectivity index (χ4n) is 4.36. The lowest BCUT2D eigenvalue weighted by Crippen LogP contribution is -2.61. The summed E-state index contributed by atoms with van der Waals surface area (Å²) in [6.07, 6.45) is 5.59. The highest BCUT2D eigenvalue weighted by atomic mass is 16.5. The fourth-order valence-corrected chi connectivity index (χ4v) is 4.36. The molecule has 3 heteroatoms. The summed E-state index contributed by atoms with van der Waals surface area (Å²) in [5, 5.41) is 11.4. The van der Waals surface area contributed by atoms with Crippen molar-refractivity contribution < 1.29 is 9.84 Å². The van der Waals surface area contributed by atoms with E-state index in [9.17, 15) is 5.11 Å². The van der Waals surface area contributed by atoms with Crippen molar-refractivity contribution in [1.29, 1.82) is 0 Å². The van der Waals surface area contributed by atoms with Gasteiger partial charge in [-0.3, -0.25) is 0 Å². The molecule has 0 radical (unpaired) electrons. The average Bonchev–Trinajstić information content (AvgIpc) is 2.88. The molecule has 2 atom stereocenters. The first-order valence-corrected chi connectivity index (χ1v) is 7.67. The number of nitrogens with two attached hydrogens (primary N) is 1. The number of hydrogen-bond donors (Lipinski definition) is 2. The van der Waals surface area contributed by atoms with Crippen molar-refractivity contribution in [3.63, 3.8) is 0 Å². The molecule has 2 aliphatic rings. The molecule has 0 spiro atoms. The molecule has 1 aromatic carbocycles. The minimum atomic E-state index is -0.798. The maximum Gasteiger partial charge on any atom is 0.0982 e. The van der Waals surface area contributed by atoms with Crippen LogP contribution in [0.5, 0.6) is 0 Å². The largest absolute Gasteiger partial charge is 0.387 e. The van der Waals surface area contributed by atoms with E-state index in [2.05, 4.69) is 24.3 Å². The van der Waals surface area contributed by atoms with Gasteiger partial charge in [0, 0.05) is 19.1 Å². The van der Waals surface area contributed by atoms with E-state index >= 15 is 0 Å². The Balaban J connectivity index is 1.98. The topological polar surface area (TPSA) is 55.5 Å². The number of methoxy groups -OCH3 is 1. The van der Waals surface area contributed by atoms with Crippen LogP contribution in [0.3, 0.4) is 0 Å². The SMILES string of the molecule is COC1CCCCC1(O)C1(CN)Cc2ccccc2C1. The molecule has 0 saturated heterocycles. The second kappa shape index (κ2) is 5.14. The lowest BCUT2D eigenvalue weighted by Gasteiger charge is -2.51. The Kier molecular flexibility index (Phi) is 3.61. The van der Waals surface area contributed by atoms with Gasteiger partial charge in [-0.05, 0) is 36.8 Å². The van der Waals surface area contributed by atoms with Gasteiger partial charge >= 0.3 is 0 Å². The summed E-state index contributed by atoms with van der Waals surface area (Å²) in [4.78, 5) is 0. The van der Waals surface area contributed by atoms with Crippen LogP contribution in [0.4, 0.5) is 0 Å². The van der Waals surface area contributed by atoms with Crippen LogP contribution in [0, 0.1) is 5.41 Å². The maximum atomic E-state index is 11.4. The van der Waals surface area contributed by atoms with Crippen molar-refractivity contribution in [1.82, 2.24) is 0 Å². The molecule has 2 aliphatic carbocycles. The third-order valence-corrected chi connectivity index (χ3v) is 5.58. The van der Waals surface area contributed by atoms with Gasteiger partial charge in [-0.15, -0.1) is 0 Å². The Bertz CT molecular complexity index is 463. The molecule has 3 rings (SSSR count). The molecule has 0 aliphatic heterocycles. The molecule has 2 unspecified atom stereocenters. The highest BCUT2D eigenvalue weighted by Gasteiger charge is 2.57. The molecule has 0 aromatic heterocycles. The Morgan fingerprint density at radius 3 is 2.45 bits per heavy atom. The minimum Gasteiger partial charge on any atom is -0.387 e. The molecule has 0 amide bonds. The van der Waals surface area contributed by atoms with Gasteiger partial charge in [0.15, 0.2) is 0 Å². The Labute approximate surface area is 121 Å². The first kappa shape index (κ1) is 14.1. The van der Waals surface area contributed by atoms with E-state index < -0.39 is 5.60 Å². The summed E-state index contributed by atoms with van der Waals surface area (Å²) in [5.74, 6) is 0. The molecular weight excluding hydrogens is 250 g/mol. The standard InChI is InChI=1S/C17H25NO2/c1-20-15-8-4-5-9-17(15,19)16(12-18)10-13-6-2-3-7-14(13)11-16/h2-3,6-7,15,19H,4-5,8-12,18H2,1H3. The summed E-state index contributed by atoms with van der Waals surface area (Å²) in [6.45, 7) is 0.512. The van der Waals surface area contributed by atoms with E-state index in [1.165, 1.54) is 11.1 Å². The van der Waals surface area contributed by atoms with Crippen molar-refractivity contribution in [3.8, 4) is 0 Å². The zero-order chi connectivity index (χ0) is 14.2. The van der Waals surface area contributed by atoms with Gasteiger partial charge in [0.25, 0.3) is 0 Å². The van der Waals surface area contributed by atoms with E-state index in [1.54, 1.807) is 7.11 Å². The van der Waals surface area contributed by atoms with Gasteiger partial charge in [0.05, 0.1) is 11.7 Å². The van der Waals surface area contributed by atoms with Gasteiger partial charge < -0.3 is 15.6 Å². The molecule has 0 bridgehead atoms. The molecule has 1 aromatic rings. The average molecular weight is 275 g/mol. The van der Waals surface area contributed by atoms with Crippen LogP contribution in [0.25, 0.3) is 0 Å². The van der Waals surface area contributed by atoms with Crippen LogP contribution in [0.15, 0.2) is 24.3 Å². The van der Waals surface area contributed by atoms with Crippen LogP contribution in [-0.4, -0.2) is 30.5 Å². The fraction of sp³-hybridized carbons (Fsp3) is 0.647. The Morgan fingerprint density at radius 2 is 1.90 bits per heavy atom. The molecule has 1 fully saturated rings. The van der Waals surface area contributed by atoms with E-state index in [0.29, 0.717) is 6.54 Å². The van der Waals surface area contributed by atoms with E-state index in [1.807, 2.05) is 0 Å². The van der Waals surface area contributed by atoms with Crippen molar-refractivity contribution in [2.75, 3.05) is 13.7 Å². The van der Waals surface area contributed by atoms with E-state index in [0.717, 1.165) is 38.5 Å².